The van der Waals surface area contributed by atoms with Crippen LogP contribution in [0.2, 0.25) is 0 Å². The molecule has 0 bridgehead atoms. The van der Waals surface area contributed by atoms with E-state index in [-0.39, 0.29) is 24.7 Å². The normalized spacial score (nSPS) is 21.4. The van der Waals surface area contributed by atoms with Gasteiger partial charge in [0.1, 0.15) is 6.61 Å². The molecule has 1 saturated heterocycles. The van der Waals surface area contributed by atoms with Gasteiger partial charge in [0.15, 0.2) is 0 Å². The quantitative estimate of drug-likeness (QED) is 0.844. The summed E-state index contributed by atoms with van der Waals surface area (Å²) in [6.45, 7) is 4.47. The molecule has 108 valence electrons. The Morgan fingerprint density at radius 1 is 1.65 bits per heavy atom. The van der Waals surface area contributed by atoms with Crippen LogP contribution in [0.1, 0.15) is 33.5 Å². The highest BCUT2D eigenvalue weighted by atomic mass is 32.1. The fraction of sp³-hybridized carbons (Fsp3) is 0.533. The van der Waals surface area contributed by atoms with Crippen molar-refractivity contribution in [1.82, 2.24) is 4.90 Å². The highest BCUT2D eigenvalue weighted by Crippen LogP contribution is 2.25. The number of carbonyl (C=O) groups is 1. The summed E-state index contributed by atoms with van der Waals surface area (Å²) in [4.78, 5) is 15.8. The molecule has 1 amide bonds. The number of hydrogen-bond donors (Lipinski definition) is 1. The van der Waals surface area contributed by atoms with Crippen LogP contribution in [0.5, 0.6) is 0 Å². The number of rotatable bonds is 2. The van der Waals surface area contributed by atoms with Crippen LogP contribution in [0.15, 0.2) is 6.07 Å². The highest BCUT2D eigenvalue weighted by molar-refractivity contribution is 7.14. The van der Waals surface area contributed by atoms with Gasteiger partial charge in [0.2, 0.25) is 0 Å². The Hall–Kier alpha value is -1.35. The number of likely N-dealkylation sites (N-methyl/N-ethyl adjacent to an activating group) is 1. The van der Waals surface area contributed by atoms with E-state index in [1.807, 2.05) is 27.0 Å². The number of amides is 1. The van der Waals surface area contributed by atoms with E-state index in [0.717, 1.165) is 16.9 Å². The fourth-order valence-electron chi connectivity index (χ4n) is 2.38. The Bertz CT molecular complexity index is 555. The molecule has 2 atom stereocenters. The maximum absolute atomic E-state index is 12.5. The van der Waals surface area contributed by atoms with Crippen molar-refractivity contribution < 1.29 is 14.6 Å². The van der Waals surface area contributed by atoms with E-state index < -0.39 is 0 Å². The number of ether oxygens (including phenoxy) is 1. The Morgan fingerprint density at radius 2 is 2.40 bits per heavy atom. The van der Waals surface area contributed by atoms with Crippen LogP contribution in [-0.4, -0.2) is 48.3 Å². The van der Waals surface area contributed by atoms with Crippen molar-refractivity contribution in [3.05, 3.63) is 21.4 Å². The first kappa shape index (κ1) is 15.0. The Balaban J connectivity index is 2.16. The summed E-state index contributed by atoms with van der Waals surface area (Å²) in [6, 6.07) is 2.00. The van der Waals surface area contributed by atoms with Crippen LogP contribution >= 0.6 is 11.3 Å². The summed E-state index contributed by atoms with van der Waals surface area (Å²) >= 11 is 1.38. The van der Waals surface area contributed by atoms with Crippen molar-refractivity contribution in [1.29, 1.82) is 0 Å². The lowest BCUT2D eigenvalue weighted by atomic mass is 10.1. The van der Waals surface area contributed by atoms with Crippen molar-refractivity contribution in [3.8, 4) is 11.8 Å². The van der Waals surface area contributed by atoms with Gasteiger partial charge < -0.3 is 14.7 Å². The molecule has 0 aromatic carbocycles. The number of aryl methyl sites for hydroxylation is 1. The lowest BCUT2D eigenvalue weighted by molar-refractivity contribution is 0.0578. The van der Waals surface area contributed by atoms with Gasteiger partial charge >= 0.3 is 0 Å². The first-order valence-corrected chi connectivity index (χ1v) is 7.45. The number of aliphatic hydroxyl groups excluding tert-OH is 1. The SMILES string of the molecule is Cc1cc(C(=O)N(C)C2CCOC2C)sc1C#CCO. The molecular formula is C15H19NO3S. The smallest absolute Gasteiger partial charge is 0.264 e. The molecule has 2 heterocycles. The molecule has 2 unspecified atom stereocenters. The maximum atomic E-state index is 12.5. The van der Waals surface area contributed by atoms with Gasteiger partial charge in [-0.3, -0.25) is 4.79 Å². The van der Waals surface area contributed by atoms with Crippen LogP contribution in [0.4, 0.5) is 0 Å². The molecule has 1 aliphatic heterocycles. The zero-order chi connectivity index (χ0) is 14.7. The molecule has 1 aromatic rings. The molecule has 0 spiro atoms. The van der Waals surface area contributed by atoms with Crippen LogP contribution < -0.4 is 0 Å². The van der Waals surface area contributed by atoms with Gasteiger partial charge in [-0.25, -0.2) is 0 Å². The van der Waals surface area contributed by atoms with Crippen molar-refractivity contribution in [2.45, 2.75) is 32.4 Å². The number of nitrogens with zero attached hydrogens (tertiary/aromatic N) is 1. The summed E-state index contributed by atoms with van der Waals surface area (Å²) in [6.07, 6.45) is 0.962. The molecule has 0 aliphatic carbocycles. The number of thiophene rings is 1. The summed E-state index contributed by atoms with van der Waals surface area (Å²) in [5, 5.41) is 8.74. The summed E-state index contributed by atoms with van der Waals surface area (Å²) in [5.74, 6) is 5.51. The Morgan fingerprint density at radius 3 is 3.00 bits per heavy atom. The monoisotopic (exact) mass is 293 g/mol. The third-order valence-corrected chi connectivity index (χ3v) is 4.70. The van der Waals surface area contributed by atoms with Crippen LogP contribution in [0.3, 0.4) is 0 Å². The lowest BCUT2D eigenvalue weighted by Crippen LogP contribution is -2.40. The minimum absolute atomic E-state index is 0.0116. The minimum atomic E-state index is -0.169. The van der Waals surface area contributed by atoms with Gasteiger partial charge in [0.25, 0.3) is 5.91 Å². The van der Waals surface area contributed by atoms with E-state index in [9.17, 15) is 4.79 Å². The minimum Gasteiger partial charge on any atom is -0.384 e. The summed E-state index contributed by atoms with van der Waals surface area (Å²) in [7, 11) is 1.83. The first-order valence-electron chi connectivity index (χ1n) is 6.63. The number of aliphatic hydroxyl groups is 1. The standard InChI is InChI=1S/C15H19NO3S/c1-10-9-14(20-13(10)5-4-7-17)15(18)16(3)12-6-8-19-11(12)2/h9,11-12,17H,6-8H2,1-3H3. The number of carbonyl (C=O) groups excluding carboxylic acids is 1. The Kier molecular flexibility index (Phi) is 4.81. The molecule has 1 N–H and O–H groups in total. The molecule has 1 aliphatic rings. The zero-order valence-electron chi connectivity index (χ0n) is 12.0. The molecule has 1 aromatic heterocycles. The molecule has 0 radical (unpaired) electrons. The van der Waals surface area contributed by atoms with E-state index >= 15 is 0 Å². The summed E-state index contributed by atoms with van der Waals surface area (Å²) in [5.41, 5.74) is 0.975. The summed E-state index contributed by atoms with van der Waals surface area (Å²) < 4.78 is 5.51. The van der Waals surface area contributed by atoms with E-state index in [0.29, 0.717) is 11.5 Å². The average Bonchev–Trinajstić information content (AvgIpc) is 3.01. The van der Waals surface area contributed by atoms with E-state index in [4.69, 9.17) is 9.84 Å². The van der Waals surface area contributed by atoms with Crippen LogP contribution in [0, 0.1) is 18.8 Å². The van der Waals surface area contributed by atoms with Gasteiger partial charge in [0, 0.05) is 13.7 Å². The molecule has 1 fully saturated rings. The highest BCUT2D eigenvalue weighted by Gasteiger charge is 2.31. The van der Waals surface area contributed by atoms with E-state index in [1.54, 1.807) is 4.90 Å². The predicted octanol–water partition coefficient (Wildman–Crippen LogP) is 1.65. The van der Waals surface area contributed by atoms with E-state index in [2.05, 4.69) is 11.8 Å². The second-order valence-corrected chi connectivity index (χ2v) is 5.98. The fourth-order valence-corrected chi connectivity index (χ4v) is 3.41. The molecule has 2 rings (SSSR count). The molecule has 5 heteroatoms. The topological polar surface area (TPSA) is 49.8 Å². The third kappa shape index (κ3) is 3.04. The molecular weight excluding hydrogens is 274 g/mol. The third-order valence-electron chi connectivity index (χ3n) is 3.56. The average molecular weight is 293 g/mol. The first-order chi connectivity index (χ1) is 9.54. The van der Waals surface area contributed by atoms with Gasteiger partial charge in [0.05, 0.1) is 21.9 Å². The van der Waals surface area contributed by atoms with Crippen molar-refractivity contribution in [3.63, 3.8) is 0 Å². The van der Waals surface area contributed by atoms with E-state index in [1.165, 1.54) is 11.3 Å². The molecule has 4 nitrogen and oxygen atoms in total. The largest absolute Gasteiger partial charge is 0.384 e. The Labute approximate surface area is 123 Å². The lowest BCUT2D eigenvalue weighted by Gasteiger charge is -2.26. The van der Waals surface area contributed by atoms with Crippen molar-refractivity contribution >= 4 is 17.2 Å². The number of hydrogen-bond acceptors (Lipinski definition) is 4. The van der Waals surface area contributed by atoms with Gasteiger partial charge in [-0.05, 0) is 31.9 Å². The van der Waals surface area contributed by atoms with Crippen molar-refractivity contribution in [2.75, 3.05) is 20.3 Å². The van der Waals surface area contributed by atoms with Crippen LogP contribution in [-0.2, 0) is 4.74 Å². The van der Waals surface area contributed by atoms with Crippen LogP contribution in [0.25, 0.3) is 0 Å². The zero-order valence-corrected chi connectivity index (χ0v) is 12.8. The maximum Gasteiger partial charge on any atom is 0.264 e. The predicted molar refractivity (Wildman–Crippen MR) is 78.9 cm³/mol. The molecule has 20 heavy (non-hydrogen) atoms. The second-order valence-electron chi connectivity index (χ2n) is 4.93. The van der Waals surface area contributed by atoms with Crippen molar-refractivity contribution in [2.24, 2.45) is 0 Å². The second kappa shape index (κ2) is 6.40. The van der Waals surface area contributed by atoms with Gasteiger partial charge in [-0.1, -0.05) is 11.8 Å². The van der Waals surface area contributed by atoms with Gasteiger partial charge in [-0.2, -0.15) is 0 Å². The molecule has 0 saturated carbocycles. The van der Waals surface area contributed by atoms with Gasteiger partial charge in [-0.15, -0.1) is 11.3 Å².